The van der Waals surface area contributed by atoms with E-state index in [1.54, 1.807) is 18.2 Å². The van der Waals surface area contributed by atoms with E-state index in [9.17, 15) is 4.79 Å². The smallest absolute Gasteiger partial charge is 0.232 e. The summed E-state index contributed by atoms with van der Waals surface area (Å²) in [4.78, 5) is 12.8. The first-order valence-corrected chi connectivity index (χ1v) is 9.89. The van der Waals surface area contributed by atoms with Gasteiger partial charge in [-0.05, 0) is 54.0 Å². The normalized spacial score (nSPS) is 14.1. The van der Waals surface area contributed by atoms with Crippen LogP contribution >= 0.6 is 27.5 Å². The first kappa shape index (κ1) is 18.8. The van der Waals surface area contributed by atoms with Crippen molar-refractivity contribution in [1.29, 1.82) is 0 Å². The minimum Gasteiger partial charge on any atom is -0.489 e. The number of aryl methyl sites for hydroxylation is 1. The third kappa shape index (κ3) is 3.84. The van der Waals surface area contributed by atoms with E-state index < -0.39 is 0 Å². The number of Topliss-reactive ketones (excluding diaryl/α,β-unsaturated/α-hetero) is 1. The summed E-state index contributed by atoms with van der Waals surface area (Å²) >= 11 is 9.61. The number of carbonyl (C=O) groups excluding carboxylic acids is 1. The van der Waals surface area contributed by atoms with Crippen molar-refractivity contribution in [2.75, 3.05) is 0 Å². The van der Waals surface area contributed by atoms with Gasteiger partial charge in [0.05, 0.1) is 5.56 Å². The van der Waals surface area contributed by atoms with Gasteiger partial charge in [-0.15, -0.1) is 0 Å². The topological polar surface area (TPSA) is 35.5 Å². The molecular weight excluding hydrogens is 440 g/mol. The van der Waals surface area contributed by atoms with E-state index in [1.165, 1.54) is 0 Å². The second-order valence-corrected chi connectivity index (χ2v) is 7.81. The molecule has 28 heavy (non-hydrogen) atoms. The maximum atomic E-state index is 12.8. The highest BCUT2D eigenvalue weighted by atomic mass is 79.9. The van der Waals surface area contributed by atoms with Gasteiger partial charge in [-0.3, -0.25) is 4.79 Å². The molecule has 0 amide bonds. The lowest BCUT2D eigenvalue weighted by Gasteiger charge is -2.09. The molecule has 0 saturated carbocycles. The zero-order chi connectivity index (χ0) is 19.7. The van der Waals surface area contributed by atoms with Crippen molar-refractivity contribution in [3.8, 4) is 11.5 Å². The molecule has 0 unspecified atom stereocenters. The molecule has 1 aliphatic rings. The summed E-state index contributed by atoms with van der Waals surface area (Å²) < 4.78 is 12.8. The molecule has 1 heterocycles. The minimum atomic E-state index is -0.146. The largest absolute Gasteiger partial charge is 0.489 e. The number of hydrogen-bond donors (Lipinski definition) is 0. The Labute approximate surface area is 176 Å². The van der Waals surface area contributed by atoms with E-state index in [0.717, 1.165) is 21.2 Å². The number of carbonyl (C=O) groups is 1. The van der Waals surface area contributed by atoms with Crippen LogP contribution in [-0.2, 0) is 6.61 Å². The number of hydrogen-bond acceptors (Lipinski definition) is 3. The van der Waals surface area contributed by atoms with Crippen molar-refractivity contribution in [1.82, 2.24) is 0 Å². The summed E-state index contributed by atoms with van der Waals surface area (Å²) in [6.07, 6.45) is 1.67. The van der Waals surface area contributed by atoms with Crippen molar-refractivity contribution in [3.05, 3.63) is 98.2 Å². The van der Waals surface area contributed by atoms with Crippen LogP contribution in [-0.4, -0.2) is 5.78 Å². The van der Waals surface area contributed by atoms with Gasteiger partial charge in [0.1, 0.15) is 18.1 Å². The molecule has 0 saturated heterocycles. The quantitative estimate of drug-likeness (QED) is 0.415. The molecule has 1 aliphatic heterocycles. The van der Waals surface area contributed by atoms with Crippen LogP contribution in [0.25, 0.3) is 6.08 Å². The van der Waals surface area contributed by atoms with Crippen molar-refractivity contribution < 1.29 is 14.3 Å². The summed E-state index contributed by atoms with van der Waals surface area (Å²) in [6.45, 7) is 2.31. The van der Waals surface area contributed by atoms with Crippen molar-refractivity contribution >= 4 is 39.4 Å². The Hall–Kier alpha value is -2.56. The number of halogens is 2. The Morgan fingerprint density at radius 2 is 1.86 bits per heavy atom. The van der Waals surface area contributed by atoms with Crippen LogP contribution in [0.1, 0.15) is 27.0 Å². The first-order chi connectivity index (χ1) is 13.5. The number of fused-ring (bicyclic) bond motifs is 1. The Morgan fingerprint density at radius 3 is 2.61 bits per heavy atom. The standard InChI is InChI=1S/C23H16BrClO3/c1-14-10-18(27-13-15-6-8-17(24)9-7-15)12-20-22(14)23(26)21(28-20)11-16-4-2-3-5-19(16)25/h2-12H,13H2,1H3/b21-11-. The molecule has 3 aromatic carbocycles. The van der Waals surface area contributed by atoms with Gasteiger partial charge in [-0.25, -0.2) is 0 Å². The molecule has 0 spiro atoms. The predicted octanol–water partition coefficient (Wildman–Crippen LogP) is 6.61. The van der Waals surface area contributed by atoms with Crippen molar-refractivity contribution in [2.24, 2.45) is 0 Å². The predicted molar refractivity (Wildman–Crippen MR) is 114 cm³/mol. The Balaban J connectivity index is 1.57. The Bertz CT molecular complexity index is 1090. The van der Waals surface area contributed by atoms with Crippen LogP contribution in [0, 0.1) is 6.92 Å². The number of rotatable bonds is 4. The molecule has 0 aliphatic carbocycles. The summed E-state index contributed by atoms with van der Waals surface area (Å²) in [7, 11) is 0. The maximum Gasteiger partial charge on any atom is 0.232 e. The highest BCUT2D eigenvalue weighted by Crippen LogP contribution is 2.38. The fraction of sp³-hybridized carbons (Fsp3) is 0.0870. The summed E-state index contributed by atoms with van der Waals surface area (Å²) in [5.41, 5.74) is 3.17. The molecular formula is C23H16BrClO3. The van der Waals surface area contributed by atoms with Gasteiger partial charge in [-0.2, -0.15) is 0 Å². The molecule has 0 aromatic heterocycles. The number of ether oxygens (including phenoxy) is 2. The fourth-order valence-electron chi connectivity index (χ4n) is 3.04. The summed E-state index contributed by atoms with van der Waals surface area (Å²) in [5, 5.41) is 0.567. The lowest BCUT2D eigenvalue weighted by Crippen LogP contribution is -2.00. The summed E-state index contributed by atoms with van der Waals surface area (Å²) in [5.74, 6) is 1.28. The molecule has 4 rings (SSSR count). The van der Waals surface area contributed by atoms with Crippen LogP contribution in [0.15, 0.2) is 70.9 Å². The highest BCUT2D eigenvalue weighted by Gasteiger charge is 2.30. The summed E-state index contributed by atoms with van der Waals surface area (Å²) in [6, 6.07) is 18.9. The monoisotopic (exact) mass is 454 g/mol. The number of benzene rings is 3. The molecule has 0 N–H and O–H groups in total. The lowest BCUT2D eigenvalue weighted by atomic mass is 10.0. The van der Waals surface area contributed by atoms with Crippen LogP contribution < -0.4 is 9.47 Å². The van der Waals surface area contributed by atoms with Crippen molar-refractivity contribution in [3.63, 3.8) is 0 Å². The van der Waals surface area contributed by atoms with Crippen molar-refractivity contribution in [2.45, 2.75) is 13.5 Å². The van der Waals surface area contributed by atoms with Crippen LogP contribution in [0.3, 0.4) is 0 Å². The van der Waals surface area contributed by atoms with E-state index in [4.69, 9.17) is 21.1 Å². The minimum absolute atomic E-state index is 0.146. The fourth-order valence-corrected chi connectivity index (χ4v) is 3.50. The van der Waals surface area contributed by atoms with Gasteiger partial charge in [0.2, 0.25) is 5.78 Å². The van der Waals surface area contributed by atoms with E-state index in [0.29, 0.717) is 28.7 Å². The molecule has 140 valence electrons. The third-order valence-corrected chi connectivity index (χ3v) is 5.33. The van der Waals surface area contributed by atoms with Crippen LogP contribution in [0.5, 0.6) is 11.5 Å². The lowest BCUT2D eigenvalue weighted by molar-refractivity contribution is 0.101. The third-order valence-electron chi connectivity index (χ3n) is 4.45. The Kier molecular flexibility index (Phi) is 5.25. The second-order valence-electron chi connectivity index (χ2n) is 6.49. The van der Waals surface area contributed by atoms with E-state index >= 15 is 0 Å². The van der Waals surface area contributed by atoms with Gasteiger partial charge in [-0.1, -0.05) is 57.9 Å². The molecule has 0 bridgehead atoms. The SMILES string of the molecule is Cc1cc(OCc2ccc(Br)cc2)cc2c1C(=O)/C(=C/c1ccccc1Cl)O2. The zero-order valence-electron chi connectivity index (χ0n) is 15.0. The average Bonchev–Trinajstić information content (AvgIpc) is 2.99. The van der Waals surface area contributed by atoms with Crippen LogP contribution in [0.4, 0.5) is 0 Å². The molecule has 0 fully saturated rings. The van der Waals surface area contributed by atoms with E-state index in [2.05, 4.69) is 15.9 Å². The molecule has 3 nitrogen and oxygen atoms in total. The molecule has 0 radical (unpaired) electrons. The number of allylic oxidation sites excluding steroid dienone is 1. The molecule has 0 atom stereocenters. The first-order valence-electron chi connectivity index (χ1n) is 8.72. The van der Waals surface area contributed by atoms with Gasteiger partial charge in [0.25, 0.3) is 0 Å². The number of ketones is 1. The average molecular weight is 456 g/mol. The molecule has 5 heteroatoms. The molecule has 3 aromatic rings. The van der Waals surface area contributed by atoms with Gasteiger partial charge in [0, 0.05) is 15.6 Å². The van der Waals surface area contributed by atoms with Gasteiger partial charge in [0.15, 0.2) is 5.76 Å². The van der Waals surface area contributed by atoms with E-state index in [1.807, 2.05) is 55.5 Å². The van der Waals surface area contributed by atoms with Gasteiger partial charge < -0.3 is 9.47 Å². The van der Waals surface area contributed by atoms with Crippen LogP contribution in [0.2, 0.25) is 5.02 Å². The maximum absolute atomic E-state index is 12.8. The Morgan fingerprint density at radius 1 is 1.11 bits per heavy atom. The van der Waals surface area contributed by atoms with Gasteiger partial charge >= 0.3 is 0 Å². The zero-order valence-corrected chi connectivity index (χ0v) is 17.4. The second kappa shape index (κ2) is 7.82. The highest BCUT2D eigenvalue weighted by molar-refractivity contribution is 9.10. The van der Waals surface area contributed by atoms with E-state index in [-0.39, 0.29) is 11.5 Å².